The van der Waals surface area contributed by atoms with Gasteiger partial charge in [-0.2, -0.15) is 0 Å². The van der Waals surface area contributed by atoms with Crippen LogP contribution in [0.25, 0.3) is 0 Å². The molecule has 2 N–H and O–H groups in total. The van der Waals surface area contributed by atoms with Gasteiger partial charge < -0.3 is 20.2 Å². The number of carboxylic acids is 1. The fourth-order valence-electron chi connectivity index (χ4n) is 4.85. The summed E-state index contributed by atoms with van der Waals surface area (Å²) in [6, 6.07) is 18.2. The molecule has 2 atom stereocenters. The van der Waals surface area contributed by atoms with E-state index in [0.717, 1.165) is 11.1 Å². The number of carbonyl (C=O) groups is 4. The second-order valence-electron chi connectivity index (χ2n) is 11.3. The molecule has 1 fully saturated rings. The largest absolute Gasteiger partial charge is 0.481 e. The number of aryl methyl sites for hydroxylation is 1. The zero-order chi connectivity index (χ0) is 29.9. The zero-order valence-corrected chi connectivity index (χ0v) is 23.6. The molecular formula is C32H34FN3O5. The monoisotopic (exact) mass is 559 g/mol. The molecule has 0 aliphatic carbocycles. The molecule has 1 heterocycles. The minimum atomic E-state index is -1.32. The van der Waals surface area contributed by atoms with Crippen LogP contribution in [0.5, 0.6) is 0 Å². The lowest BCUT2D eigenvalue weighted by Crippen LogP contribution is -2.54. The normalized spacial score (nSPS) is 15.9. The number of nitrogens with zero attached hydrogens (tertiary/aromatic N) is 2. The Morgan fingerprint density at radius 2 is 1.34 bits per heavy atom. The summed E-state index contributed by atoms with van der Waals surface area (Å²) in [4.78, 5) is 55.4. The van der Waals surface area contributed by atoms with E-state index in [1.54, 1.807) is 36.4 Å². The maximum absolute atomic E-state index is 13.8. The quantitative estimate of drug-likeness (QED) is 0.437. The molecule has 1 aliphatic heterocycles. The number of carbonyl (C=O) groups excluding carboxylic acids is 3. The van der Waals surface area contributed by atoms with Crippen molar-refractivity contribution in [3.63, 3.8) is 0 Å². The number of nitrogens with one attached hydrogen (secondary N) is 1. The molecule has 41 heavy (non-hydrogen) atoms. The van der Waals surface area contributed by atoms with Crippen LogP contribution in [-0.4, -0.2) is 57.9 Å². The first kappa shape index (κ1) is 29.5. The Morgan fingerprint density at radius 1 is 0.854 bits per heavy atom. The van der Waals surface area contributed by atoms with Gasteiger partial charge in [-0.05, 0) is 59.9 Å². The Morgan fingerprint density at radius 3 is 1.80 bits per heavy atom. The second kappa shape index (κ2) is 11.9. The molecule has 1 aliphatic rings. The van der Waals surface area contributed by atoms with Crippen molar-refractivity contribution >= 4 is 23.7 Å². The highest BCUT2D eigenvalue weighted by atomic mass is 19.1. The first-order valence-electron chi connectivity index (χ1n) is 13.4. The molecule has 4 rings (SSSR count). The van der Waals surface area contributed by atoms with Crippen LogP contribution in [0.15, 0.2) is 72.8 Å². The molecule has 8 nitrogen and oxygen atoms in total. The van der Waals surface area contributed by atoms with Crippen molar-refractivity contribution in [3.8, 4) is 0 Å². The van der Waals surface area contributed by atoms with E-state index in [0.29, 0.717) is 16.7 Å². The highest BCUT2D eigenvalue weighted by Gasteiger charge is 2.44. The van der Waals surface area contributed by atoms with Gasteiger partial charge in [-0.1, -0.05) is 62.7 Å². The fourth-order valence-corrected chi connectivity index (χ4v) is 4.85. The molecule has 214 valence electrons. The topological polar surface area (TPSA) is 107 Å². The van der Waals surface area contributed by atoms with Crippen molar-refractivity contribution < 1.29 is 28.7 Å². The maximum Gasteiger partial charge on any atom is 0.305 e. The lowest BCUT2D eigenvalue weighted by molar-refractivity contribution is -0.138. The van der Waals surface area contributed by atoms with Gasteiger partial charge in [-0.25, -0.2) is 4.39 Å². The summed E-state index contributed by atoms with van der Waals surface area (Å²) in [6.45, 7) is 8.30. The molecule has 3 amide bonds. The van der Waals surface area contributed by atoms with E-state index in [-0.39, 0.29) is 18.5 Å². The number of aliphatic carboxylic acids is 1. The number of hydrogen-bond donors (Lipinski definition) is 2. The average Bonchev–Trinajstić information content (AvgIpc) is 3.37. The van der Waals surface area contributed by atoms with E-state index in [9.17, 15) is 28.7 Å². The smallest absolute Gasteiger partial charge is 0.305 e. The van der Waals surface area contributed by atoms with Gasteiger partial charge in [0.05, 0.1) is 12.5 Å². The lowest BCUT2D eigenvalue weighted by Gasteiger charge is -2.31. The molecule has 2 unspecified atom stereocenters. The minimum Gasteiger partial charge on any atom is -0.481 e. The van der Waals surface area contributed by atoms with E-state index in [1.165, 1.54) is 34.1 Å². The predicted octanol–water partition coefficient (Wildman–Crippen LogP) is 4.69. The van der Waals surface area contributed by atoms with Gasteiger partial charge in [0.2, 0.25) is 0 Å². The number of benzene rings is 3. The average molecular weight is 560 g/mol. The van der Waals surface area contributed by atoms with Crippen LogP contribution < -0.4 is 5.32 Å². The molecular weight excluding hydrogens is 525 g/mol. The Hall–Kier alpha value is -4.53. The van der Waals surface area contributed by atoms with E-state index in [2.05, 4.69) is 26.1 Å². The van der Waals surface area contributed by atoms with Crippen LogP contribution in [0.1, 0.15) is 70.6 Å². The Bertz CT molecular complexity index is 1430. The van der Waals surface area contributed by atoms with Gasteiger partial charge >= 0.3 is 5.97 Å². The van der Waals surface area contributed by atoms with Crippen LogP contribution >= 0.6 is 0 Å². The Kier molecular flexibility index (Phi) is 8.56. The van der Waals surface area contributed by atoms with Crippen molar-refractivity contribution in [1.29, 1.82) is 0 Å². The summed E-state index contributed by atoms with van der Waals surface area (Å²) in [5.74, 6) is -3.25. The number of amides is 3. The highest BCUT2D eigenvalue weighted by Crippen LogP contribution is 2.26. The summed E-state index contributed by atoms with van der Waals surface area (Å²) >= 11 is 0. The van der Waals surface area contributed by atoms with Gasteiger partial charge in [0, 0.05) is 24.2 Å². The van der Waals surface area contributed by atoms with E-state index < -0.39 is 48.1 Å². The third-order valence-corrected chi connectivity index (χ3v) is 7.19. The minimum absolute atomic E-state index is 0.107. The van der Waals surface area contributed by atoms with Gasteiger partial charge in [0.25, 0.3) is 17.7 Å². The molecule has 0 radical (unpaired) electrons. The van der Waals surface area contributed by atoms with E-state index in [4.69, 9.17) is 0 Å². The molecule has 0 saturated carbocycles. The summed E-state index contributed by atoms with van der Waals surface area (Å²) < 4.78 is 13.5. The summed E-state index contributed by atoms with van der Waals surface area (Å²) in [5.41, 5.74) is 2.99. The van der Waals surface area contributed by atoms with Crippen LogP contribution in [0.3, 0.4) is 0 Å². The summed E-state index contributed by atoms with van der Waals surface area (Å²) in [6.07, 6.45) is -1.80. The lowest BCUT2D eigenvalue weighted by atomic mass is 9.86. The third-order valence-electron chi connectivity index (χ3n) is 7.19. The zero-order valence-electron chi connectivity index (χ0n) is 23.6. The van der Waals surface area contributed by atoms with E-state index >= 15 is 0 Å². The van der Waals surface area contributed by atoms with E-state index in [1.807, 2.05) is 19.1 Å². The van der Waals surface area contributed by atoms with Crippen LogP contribution in [0, 0.1) is 12.7 Å². The Labute approximate surface area is 238 Å². The van der Waals surface area contributed by atoms with Crippen molar-refractivity contribution in [1.82, 2.24) is 15.1 Å². The number of halogens is 1. The van der Waals surface area contributed by atoms with Crippen molar-refractivity contribution in [2.45, 2.75) is 51.7 Å². The SMILES string of the molecule is Cc1ccc(C(=O)N2CCN(C(=O)c3ccc(C(C)(C)C)cc3)C2C(=O)NC(CC(=O)O)c2ccc(F)cc2)cc1. The van der Waals surface area contributed by atoms with Crippen LogP contribution in [0.2, 0.25) is 0 Å². The van der Waals surface area contributed by atoms with Gasteiger partial charge in [-0.3, -0.25) is 19.2 Å². The highest BCUT2D eigenvalue weighted by molar-refractivity contribution is 6.02. The molecule has 0 spiro atoms. The first-order chi connectivity index (χ1) is 19.3. The second-order valence-corrected chi connectivity index (χ2v) is 11.3. The van der Waals surface area contributed by atoms with Gasteiger partial charge in [0.15, 0.2) is 6.17 Å². The molecule has 3 aromatic carbocycles. The van der Waals surface area contributed by atoms with Crippen LogP contribution in [-0.2, 0) is 15.0 Å². The maximum atomic E-state index is 13.8. The molecule has 9 heteroatoms. The van der Waals surface area contributed by atoms with Gasteiger partial charge in [-0.15, -0.1) is 0 Å². The van der Waals surface area contributed by atoms with Crippen molar-refractivity contribution in [2.75, 3.05) is 13.1 Å². The molecule has 1 saturated heterocycles. The third kappa shape index (κ3) is 6.80. The Balaban J connectivity index is 1.68. The molecule has 0 bridgehead atoms. The molecule has 0 aromatic heterocycles. The van der Waals surface area contributed by atoms with Crippen molar-refractivity contribution in [3.05, 3.63) is 106 Å². The summed E-state index contributed by atoms with van der Waals surface area (Å²) in [7, 11) is 0. The summed E-state index contributed by atoms with van der Waals surface area (Å²) in [5, 5.41) is 12.2. The molecule has 3 aromatic rings. The van der Waals surface area contributed by atoms with Crippen LogP contribution in [0.4, 0.5) is 4.39 Å². The van der Waals surface area contributed by atoms with Crippen molar-refractivity contribution in [2.24, 2.45) is 0 Å². The number of carboxylic acid groups (broad SMARTS) is 1. The predicted molar refractivity (Wildman–Crippen MR) is 152 cm³/mol. The number of rotatable bonds is 7. The van der Waals surface area contributed by atoms with Gasteiger partial charge in [0.1, 0.15) is 5.82 Å². The first-order valence-corrected chi connectivity index (χ1v) is 13.4. The standard InChI is InChI=1S/C32H34FN3O5/c1-20-5-7-22(8-6-20)30(40)35-17-18-36(31(41)23-9-13-24(14-10-23)32(2,3)4)29(35)28(39)34-26(19-27(37)38)21-11-15-25(33)16-12-21/h5-16,26,29H,17-19H2,1-4H3,(H,34,39)(H,37,38). The number of hydrogen-bond acceptors (Lipinski definition) is 4. The fraction of sp³-hybridized carbons (Fsp3) is 0.312.